The number of aryl methyl sites for hydroxylation is 6. The third-order valence-electron chi connectivity index (χ3n) is 10.9. The molecular weight excluding hydrogens is 937 g/mol. The number of unbranched alkanes of at least 4 members (excludes halogenated alkanes) is 2. The van der Waals surface area contributed by atoms with Crippen LogP contribution in [0.1, 0.15) is 134 Å². The molecule has 3 nitrogen and oxygen atoms in total. The summed E-state index contributed by atoms with van der Waals surface area (Å²) in [6, 6.07) is 48.8. The molecule has 0 aliphatic heterocycles. The summed E-state index contributed by atoms with van der Waals surface area (Å²) in [7, 11) is 0. The molecule has 0 aromatic heterocycles. The van der Waals surface area contributed by atoms with Crippen LogP contribution in [0.5, 0.6) is 0 Å². The summed E-state index contributed by atoms with van der Waals surface area (Å²) in [4.78, 5) is 0. The average Bonchev–Trinajstić information content (AvgIpc) is 3.37. The van der Waals surface area contributed by atoms with E-state index in [-0.39, 0.29) is 0 Å². The molecule has 0 atom stereocenters. The first-order chi connectivity index (χ1) is 32.4. The fourth-order valence-corrected chi connectivity index (χ4v) is 8.09. The van der Waals surface area contributed by atoms with Crippen molar-refractivity contribution in [2.75, 3.05) is 0 Å². The molecule has 0 aliphatic carbocycles. The molecule has 6 rings (SSSR count). The van der Waals surface area contributed by atoms with Crippen molar-refractivity contribution < 1.29 is 14.2 Å². The lowest BCUT2D eigenvalue weighted by atomic mass is 10.1. The van der Waals surface area contributed by atoms with E-state index in [1.807, 2.05) is 97.1 Å². The summed E-state index contributed by atoms with van der Waals surface area (Å²) in [5.41, 5.74) is 13.0. The van der Waals surface area contributed by atoms with Gasteiger partial charge in [0.05, 0.1) is 0 Å². The van der Waals surface area contributed by atoms with E-state index in [2.05, 4.69) is 90.1 Å². The molecule has 0 saturated heterocycles. The Bertz CT molecular complexity index is 2290. The Labute approximate surface area is 432 Å². The second-order valence-corrected chi connectivity index (χ2v) is 18.1. The zero-order chi connectivity index (χ0) is 48.6. The smallest absolute Gasteiger partial charge is 0.199 e. The van der Waals surface area contributed by atoms with Crippen molar-refractivity contribution in [3.05, 3.63) is 212 Å². The third kappa shape index (κ3) is 18.7. The predicted molar refractivity (Wildman–Crippen MR) is 307 cm³/mol. The van der Waals surface area contributed by atoms with Crippen molar-refractivity contribution in [2.45, 2.75) is 106 Å². The normalized spacial score (nSPS) is 10.3. The molecule has 9 heteroatoms. The van der Waals surface area contributed by atoms with Gasteiger partial charge in [0.15, 0.2) is 30.3 Å². The van der Waals surface area contributed by atoms with Crippen LogP contribution < -0.4 is 0 Å². The highest BCUT2D eigenvalue weighted by Gasteiger charge is 2.12. The Morgan fingerprint density at radius 1 is 0.299 bits per heavy atom. The van der Waals surface area contributed by atoms with Crippen LogP contribution in [0.15, 0.2) is 146 Å². The number of hydrogen-bond acceptors (Lipinski definition) is 9. The van der Waals surface area contributed by atoms with Crippen LogP contribution in [-0.4, -0.2) is 30.3 Å². The van der Waals surface area contributed by atoms with Crippen molar-refractivity contribution in [1.29, 1.82) is 0 Å². The minimum Gasteiger partial charge on any atom is -0.433 e. The number of thiocarbonyl (C=S) groups is 6. The Balaban J connectivity index is 0.000000221. The molecule has 0 saturated carbocycles. The molecule has 348 valence electrons. The molecule has 0 unspecified atom stereocenters. The fourth-order valence-electron chi connectivity index (χ4n) is 6.66. The standard InChI is InChI=1S/C22H26OS2.2C18H18OS2/c1-3-5-7-17-9-13-19(14-10-17)21(24)23-22(25)20-15-11-18(12-16-20)8-6-4-2;2*1-3-13-7-5-9-15(11-13)17(20)19-18(21)16-10-6-8-14(4-2)12-16/h9-16H,3-8H2,1-2H3;2*5-12H,3-4H2,1-2H3. The van der Waals surface area contributed by atoms with Gasteiger partial charge < -0.3 is 14.2 Å². The minimum atomic E-state index is 0.428. The molecule has 0 bridgehead atoms. The van der Waals surface area contributed by atoms with Crippen LogP contribution in [0.4, 0.5) is 0 Å². The maximum atomic E-state index is 5.73. The number of rotatable bonds is 16. The van der Waals surface area contributed by atoms with Gasteiger partial charge in [-0.15, -0.1) is 0 Å². The lowest BCUT2D eigenvalue weighted by Gasteiger charge is -2.10. The van der Waals surface area contributed by atoms with Gasteiger partial charge in [0.25, 0.3) is 0 Å². The molecule has 0 heterocycles. The van der Waals surface area contributed by atoms with Crippen LogP contribution in [0.3, 0.4) is 0 Å². The topological polar surface area (TPSA) is 27.7 Å². The maximum absolute atomic E-state index is 5.73. The number of benzene rings is 6. The van der Waals surface area contributed by atoms with Gasteiger partial charge in [0.1, 0.15) is 0 Å². The van der Waals surface area contributed by atoms with E-state index in [0.29, 0.717) is 30.3 Å². The zero-order valence-corrected chi connectivity index (χ0v) is 44.5. The van der Waals surface area contributed by atoms with E-state index >= 15 is 0 Å². The first kappa shape index (κ1) is 54.9. The highest BCUT2D eigenvalue weighted by atomic mass is 32.1. The highest BCUT2D eigenvalue weighted by Crippen LogP contribution is 2.17. The Kier molecular flexibility index (Phi) is 24.5. The maximum Gasteiger partial charge on any atom is 0.199 e. The van der Waals surface area contributed by atoms with Gasteiger partial charge in [-0.25, -0.2) is 0 Å². The second-order valence-electron chi connectivity index (χ2n) is 15.8. The largest absolute Gasteiger partial charge is 0.433 e. The average molecular weight is 1000 g/mol. The summed E-state index contributed by atoms with van der Waals surface area (Å²) in [6.45, 7) is 12.9. The summed E-state index contributed by atoms with van der Waals surface area (Å²) in [5, 5.41) is 2.58. The van der Waals surface area contributed by atoms with Gasteiger partial charge in [-0.2, -0.15) is 0 Å². The quantitative estimate of drug-likeness (QED) is 0.0879. The van der Waals surface area contributed by atoms with Crippen molar-refractivity contribution in [2.24, 2.45) is 0 Å². The summed E-state index contributed by atoms with van der Waals surface area (Å²) < 4.78 is 17.1. The van der Waals surface area contributed by atoms with Crippen molar-refractivity contribution in [1.82, 2.24) is 0 Å². The van der Waals surface area contributed by atoms with E-state index in [9.17, 15) is 0 Å². The molecule has 0 radical (unpaired) electrons. The lowest BCUT2D eigenvalue weighted by Crippen LogP contribution is -2.11. The molecule has 6 aromatic carbocycles. The van der Waals surface area contributed by atoms with E-state index in [4.69, 9.17) is 87.5 Å². The molecule has 0 fully saturated rings. The summed E-state index contributed by atoms with van der Waals surface area (Å²) in [6.07, 6.45) is 10.9. The van der Waals surface area contributed by atoms with Gasteiger partial charge in [0.2, 0.25) is 0 Å². The number of ether oxygens (including phenoxy) is 3. The highest BCUT2D eigenvalue weighted by molar-refractivity contribution is 7.82. The van der Waals surface area contributed by atoms with Crippen LogP contribution in [0.2, 0.25) is 0 Å². The first-order valence-electron chi connectivity index (χ1n) is 23.2. The van der Waals surface area contributed by atoms with Gasteiger partial charge in [-0.3, -0.25) is 0 Å². The van der Waals surface area contributed by atoms with E-state index < -0.39 is 0 Å². The van der Waals surface area contributed by atoms with E-state index in [1.54, 1.807) is 0 Å². The van der Waals surface area contributed by atoms with E-state index in [1.165, 1.54) is 59.1 Å². The van der Waals surface area contributed by atoms with Crippen LogP contribution in [0, 0.1) is 0 Å². The van der Waals surface area contributed by atoms with Crippen molar-refractivity contribution in [3.8, 4) is 0 Å². The summed E-state index contributed by atoms with van der Waals surface area (Å²) >= 11 is 32.2. The Morgan fingerprint density at radius 2 is 0.537 bits per heavy atom. The van der Waals surface area contributed by atoms with Crippen LogP contribution >= 0.6 is 73.3 Å². The van der Waals surface area contributed by atoms with Crippen molar-refractivity contribution in [3.63, 3.8) is 0 Å². The zero-order valence-electron chi connectivity index (χ0n) is 39.6. The molecule has 67 heavy (non-hydrogen) atoms. The molecule has 0 aliphatic rings. The number of hydrogen-bond donors (Lipinski definition) is 0. The van der Waals surface area contributed by atoms with Gasteiger partial charge in [-0.1, -0.05) is 176 Å². The van der Waals surface area contributed by atoms with Crippen LogP contribution in [-0.2, 0) is 52.7 Å². The third-order valence-corrected chi connectivity index (χ3v) is 12.8. The Morgan fingerprint density at radius 3 is 0.761 bits per heavy atom. The Hall–Kier alpha value is -4.74. The minimum absolute atomic E-state index is 0.428. The van der Waals surface area contributed by atoms with Gasteiger partial charge in [-0.05, 0) is 182 Å². The molecule has 6 aromatic rings. The van der Waals surface area contributed by atoms with Gasteiger partial charge in [0, 0.05) is 33.4 Å². The van der Waals surface area contributed by atoms with Crippen LogP contribution in [0.25, 0.3) is 0 Å². The molecular formula is C58H62O3S6. The molecule has 0 N–H and O–H groups in total. The monoisotopic (exact) mass is 998 g/mol. The van der Waals surface area contributed by atoms with Crippen molar-refractivity contribution >= 4 is 104 Å². The second kappa shape index (κ2) is 29.9. The lowest BCUT2D eigenvalue weighted by molar-refractivity contribution is 0.577. The molecule has 0 spiro atoms. The predicted octanol–water partition coefficient (Wildman–Crippen LogP) is 16.2. The SMILES string of the molecule is CCCCc1ccc(C(=S)OC(=S)c2ccc(CCCC)cc2)cc1.CCc1cccc(C(=S)OC(=S)c2cccc(CC)c2)c1.CCc1cccc(C(=S)OC(=S)c2cccc(CC)c2)c1. The summed E-state index contributed by atoms with van der Waals surface area (Å²) in [5.74, 6) is 0. The fraction of sp³-hybridized carbons (Fsp3) is 0.276. The van der Waals surface area contributed by atoms with Gasteiger partial charge >= 0.3 is 0 Å². The van der Waals surface area contributed by atoms with E-state index in [0.717, 1.165) is 71.9 Å². The first-order valence-corrected chi connectivity index (χ1v) is 25.7. The molecule has 0 amide bonds.